The number of fused-ring (bicyclic) bond motifs is 1. The minimum Gasteiger partial charge on any atom is -0.444 e. The van der Waals surface area contributed by atoms with Crippen molar-refractivity contribution < 1.29 is 19.1 Å². The molecule has 5 heteroatoms. The molecule has 1 aromatic rings. The molecule has 0 aromatic heterocycles. The summed E-state index contributed by atoms with van der Waals surface area (Å²) in [6.07, 6.45) is -0.245. The van der Waals surface area contributed by atoms with Crippen molar-refractivity contribution in [3.05, 3.63) is 29.8 Å². The van der Waals surface area contributed by atoms with Crippen LogP contribution in [0.15, 0.2) is 24.3 Å². The number of hydrogen-bond donors (Lipinski definition) is 0. The molecule has 1 aromatic carbocycles. The number of esters is 2. The van der Waals surface area contributed by atoms with Crippen LogP contribution in [0.25, 0.3) is 0 Å². The molecule has 17 heavy (non-hydrogen) atoms. The molecule has 0 aliphatic carbocycles. The van der Waals surface area contributed by atoms with Crippen LogP contribution in [0.4, 0.5) is 0 Å². The molecule has 1 heterocycles. The Kier molecular flexibility index (Phi) is 3.66. The molecule has 2 unspecified atom stereocenters. The Morgan fingerprint density at radius 3 is 2.94 bits per heavy atom. The summed E-state index contributed by atoms with van der Waals surface area (Å²) in [5, 5.41) is 0. The Hall–Kier alpha value is -1.11. The van der Waals surface area contributed by atoms with Gasteiger partial charge >= 0.3 is 11.9 Å². The molecule has 0 amide bonds. The summed E-state index contributed by atoms with van der Waals surface area (Å²) in [5.41, 5.74) is 0.616. The van der Waals surface area contributed by atoms with Gasteiger partial charge in [0.05, 0.1) is 0 Å². The molecule has 0 saturated carbocycles. The van der Waals surface area contributed by atoms with Gasteiger partial charge in [0, 0.05) is 5.56 Å². The van der Waals surface area contributed by atoms with Gasteiger partial charge in [-0.05, 0) is 12.5 Å². The lowest BCUT2D eigenvalue weighted by Gasteiger charge is -2.11. The van der Waals surface area contributed by atoms with Crippen LogP contribution in [0.5, 0.6) is 5.75 Å². The van der Waals surface area contributed by atoms with E-state index in [2.05, 4.69) is 0 Å². The Morgan fingerprint density at radius 1 is 1.53 bits per heavy atom. The van der Waals surface area contributed by atoms with Crippen LogP contribution in [0.3, 0.4) is 0 Å². The first-order valence-corrected chi connectivity index (χ1v) is 6.53. The van der Waals surface area contributed by atoms with E-state index in [1.807, 2.05) is 29.5 Å². The summed E-state index contributed by atoms with van der Waals surface area (Å²) in [7, 11) is 0. The summed E-state index contributed by atoms with van der Waals surface area (Å²) >= 11 is 2.00. The predicted octanol–water partition coefficient (Wildman–Crippen LogP) is 2.40. The highest BCUT2D eigenvalue weighted by Crippen LogP contribution is 2.35. The van der Waals surface area contributed by atoms with Gasteiger partial charge < -0.3 is 9.47 Å². The number of alkyl halides is 1. The van der Waals surface area contributed by atoms with Gasteiger partial charge in [0.25, 0.3) is 0 Å². The van der Waals surface area contributed by atoms with Gasteiger partial charge in [0.2, 0.25) is 6.10 Å². The second kappa shape index (κ2) is 5.03. The van der Waals surface area contributed by atoms with E-state index in [4.69, 9.17) is 9.47 Å². The van der Waals surface area contributed by atoms with Gasteiger partial charge in [-0.2, -0.15) is 0 Å². The number of carbonyl (C=O) groups excluding carboxylic acids is 2. The molecule has 90 valence electrons. The third kappa shape index (κ3) is 2.43. The third-order valence-electron chi connectivity index (χ3n) is 2.47. The van der Waals surface area contributed by atoms with E-state index in [-0.39, 0.29) is 9.89 Å². The molecular weight excluding hydrogens is 335 g/mol. The highest BCUT2D eigenvalue weighted by molar-refractivity contribution is 14.1. The lowest BCUT2D eigenvalue weighted by atomic mass is 10.1. The van der Waals surface area contributed by atoms with Crippen LogP contribution in [-0.4, -0.2) is 15.9 Å². The zero-order valence-corrected chi connectivity index (χ0v) is 11.3. The van der Waals surface area contributed by atoms with Gasteiger partial charge in [-0.25, -0.2) is 4.79 Å². The summed E-state index contributed by atoms with van der Waals surface area (Å²) in [5.74, 6) is -0.442. The average Bonchev–Trinajstić information content (AvgIpc) is 2.65. The van der Waals surface area contributed by atoms with Crippen molar-refractivity contribution in [1.29, 1.82) is 0 Å². The van der Waals surface area contributed by atoms with Crippen LogP contribution in [0.1, 0.15) is 25.0 Å². The van der Waals surface area contributed by atoms with Gasteiger partial charge in [0.1, 0.15) is 9.67 Å². The largest absolute Gasteiger partial charge is 0.444 e. The first kappa shape index (κ1) is 12.3. The first-order valence-electron chi connectivity index (χ1n) is 5.28. The Bertz CT molecular complexity index is 458. The highest BCUT2D eigenvalue weighted by Gasteiger charge is 2.36. The SMILES string of the molecule is CCC(I)C(=O)OC1C(=O)Oc2ccccc21. The van der Waals surface area contributed by atoms with Crippen LogP contribution in [-0.2, 0) is 14.3 Å². The van der Waals surface area contributed by atoms with E-state index < -0.39 is 12.1 Å². The van der Waals surface area contributed by atoms with Crippen molar-refractivity contribution in [2.45, 2.75) is 23.4 Å². The number of benzene rings is 1. The lowest BCUT2D eigenvalue weighted by molar-refractivity contribution is -0.159. The zero-order valence-electron chi connectivity index (χ0n) is 9.18. The number of halogens is 1. The van der Waals surface area contributed by atoms with Gasteiger partial charge in [-0.3, -0.25) is 4.79 Å². The summed E-state index contributed by atoms with van der Waals surface area (Å²) in [4.78, 5) is 23.2. The smallest absolute Gasteiger partial charge is 0.357 e. The average molecular weight is 346 g/mol. The standard InChI is InChI=1S/C12H11IO4/c1-2-8(13)11(14)17-10-7-5-3-4-6-9(7)16-12(10)15/h3-6,8,10H,2H2,1H3. The number of hydrogen-bond acceptors (Lipinski definition) is 4. The molecule has 0 N–H and O–H groups in total. The van der Waals surface area contributed by atoms with E-state index in [9.17, 15) is 9.59 Å². The Morgan fingerprint density at radius 2 is 2.24 bits per heavy atom. The van der Waals surface area contributed by atoms with E-state index in [0.29, 0.717) is 17.7 Å². The number of ether oxygens (including phenoxy) is 2. The maximum atomic E-state index is 11.6. The number of para-hydroxylation sites is 1. The minimum absolute atomic E-state index is 0.242. The van der Waals surface area contributed by atoms with Crippen LogP contribution in [0.2, 0.25) is 0 Å². The van der Waals surface area contributed by atoms with Crippen molar-refractivity contribution in [2.24, 2.45) is 0 Å². The minimum atomic E-state index is -0.914. The van der Waals surface area contributed by atoms with Crippen LogP contribution >= 0.6 is 22.6 Å². The fraction of sp³-hybridized carbons (Fsp3) is 0.333. The Balaban J connectivity index is 2.17. The molecule has 4 nitrogen and oxygen atoms in total. The predicted molar refractivity (Wildman–Crippen MR) is 69.0 cm³/mol. The molecule has 2 rings (SSSR count). The normalized spacial score (nSPS) is 19.4. The molecular formula is C12H11IO4. The summed E-state index contributed by atoms with van der Waals surface area (Å²) in [6, 6.07) is 6.96. The van der Waals surface area contributed by atoms with Crippen molar-refractivity contribution in [2.75, 3.05) is 0 Å². The first-order chi connectivity index (χ1) is 8.13. The molecule has 0 spiro atoms. The van der Waals surface area contributed by atoms with Gasteiger partial charge in [0.15, 0.2) is 0 Å². The fourth-order valence-corrected chi connectivity index (χ4v) is 1.69. The third-order valence-corrected chi connectivity index (χ3v) is 3.86. The topological polar surface area (TPSA) is 52.6 Å². The van der Waals surface area contributed by atoms with Crippen molar-refractivity contribution in [3.8, 4) is 5.75 Å². The van der Waals surface area contributed by atoms with Crippen LogP contribution < -0.4 is 4.74 Å². The fourth-order valence-electron chi connectivity index (χ4n) is 1.55. The number of rotatable bonds is 3. The van der Waals surface area contributed by atoms with E-state index in [0.717, 1.165) is 0 Å². The second-order valence-electron chi connectivity index (χ2n) is 3.65. The van der Waals surface area contributed by atoms with E-state index in [1.165, 1.54) is 0 Å². The van der Waals surface area contributed by atoms with Crippen molar-refractivity contribution in [3.63, 3.8) is 0 Å². The monoisotopic (exact) mass is 346 g/mol. The van der Waals surface area contributed by atoms with Crippen LogP contribution in [0, 0.1) is 0 Å². The summed E-state index contributed by atoms with van der Waals surface area (Å²) < 4.78 is 9.95. The highest BCUT2D eigenvalue weighted by atomic mass is 127. The molecule has 0 saturated heterocycles. The van der Waals surface area contributed by atoms with Gasteiger partial charge in [-0.1, -0.05) is 47.7 Å². The number of carbonyl (C=O) groups is 2. The molecule has 2 atom stereocenters. The van der Waals surface area contributed by atoms with E-state index in [1.54, 1.807) is 24.3 Å². The quantitative estimate of drug-likeness (QED) is 0.365. The lowest BCUT2D eigenvalue weighted by Crippen LogP contribution is -2.23. The molecule has 0 fully saturated rings. The molecule has 1 aliphatic heterocycles. The molecule has 1 aliphatic rings. The van der Waals surface area contributed by atoms with Crippen molar-refractivity contribution >= 4 is 34.5 Å². The van der Waals surface area contributed by atoms with Crippen molar-refractivity contribution in [1.82, 2.24) is 0 Å². The van der Waals surface area contributed by atoms with E-state index >= 15 is 0 Å². The molecule has 0 radical (unpaired) electrons. The maximum absolute atomic E-state index is 11.6. The maximum Gasteiger partial charge on any atom is 0.357 e. The summed E-state index contributed by atoms with van der Waals surface area (Å²) in [6.45, 7) is 1.89. The zero-order chi connectivity index (χ0) is 12.4. The molecule has 0 bridgehead atoms. The second-order valence-corrected chi connectivity index (χ2v) is 5.16. The van der Waals surface area contributed by atoms with Gasteiger partial charge in [-0.15, -0.1) is 0 Å². The Labute approximate surface area is 112 Å².